The molecular formula is C18H28N2O3. The van der Waals surface area contributed by atoms with Crippen LogP contribution in [0.15, 0.2) is 18.2 Å². The normalized spacial score (nSPS) is 15.5. The van der Waals surface area contributed by atoms with Gasteiger partial charge >= 0.3 is 6.03 Å². The molecule has 0 bridgehead atoms. The first kappa shape index (κ1) is 17.6. The zero-order valence-electron chi connectivity index (χ0n) is 14.3. The molecule has 1 fully saturated rings. The van der Waals surface area contributed by atoms with E-state index >= 15 is 0 Å². The Bertz CT molecular complexity index is 537. The van der Waals surface area contributed by atoms with Crippen LogP contribution < -0.4 is 15.4 Å². The Labute approximate surface area is 138 Å². The fraction of sp³-hybridized carbons (Fsp3) is 0.611. The van der Waals surface area contributed by atoms with E-state index in [1.807, 2.05) is 39.0 Å². The van der Waals surface area contributed by atoms with Gasteiger partial charge in [0.25, 0.3) is 0 Å². The van der Waals surface area contributed by atoms with Crippen molar-refractivity contribution in [3.05, 3.63) is 23.8 Å². The van der Waals surface area contributed by atoms with E-state index in [2.05, 4.69) is 10.6 Å². The van der Waals surface area contributed by atoms with Gasteiger partial charge in [0.1, 0.15) is 5.75 Å². The summed E-state index contributed by atoms with van der Waals surface area (Å²) in [6, 6.07) is 5.44. The van der Waals surface area contributed by atoms with Gasteiger partial charge in [-0.2, -0.15) is 0 Å². The molecule has 2 amide bonds. The fourth-order valence-corrected chi connectivity index (χ4v) is 2.87. The number of nitrogens with one attached hydrogen (secondary N) is 2. The van der Waals surface area contributed by atoms with Gasteiger partial charge in [0.15, 0.2) is 0 Å². The van der Waals surface area contributed by atoms with E-state index < -0.39 is 5.54 Å². The summed E-state index contributed by atoms with van der Waals surface area (Å²) in [6.45, 7) is 5.76. The van der Waals surface area contributed by atoms with E-state index in [4.69, 9.17) is 9.84 Å². The highest BCUT2D eigenvalue weighted by Gasteiger charge is 2.21. The van der Waals surface area contributed by atoms with Gasteiger partial charge in [-0.1, -0.05) is 6.07 Å². The number of rotatable bonds is 6. The predicted molar refractivity (Wildman–Crippen MR) is 92.0 cm³/mol. The third-order valence-corrected chi connectivity index (χ3v) is 4.32. The Kier molecular flexibility index (Phi) is 5.88. The van der Waals surface area contributed by atoms with Gasteiger partial charge in [-0.3, -0.25) is 0 Å². The van der Waals surface area contributed by atoms with Gasteiger partial charge in [0.2, 0.25) is 0 Å². The first-order valence-corrected chi connectivity index (χ1v) is 8.37. The zero-order chi connectivity index (χ0) is 16.9. The Morgan fingerprint density at radius 2 is 2.04 bits per heavy atom. The minimum atomic E-state index is -0.454. The average Bonchev–Trinajstić information content (AvgIpc) is 2.95. The highest BCUT2D eigenvalue weighted by molar-refractivity contribution is 5.90. The number of amides is 2. The fourth-order valence-electron chi connectivity index (χ4n) is 2.87. The monoisotopic (exact) mass is 320 g/mol. The second-order valence-corrected chi connectivity index (χ2v) is 6.89. The van der Waals surface area contributed by atoms with Gasteiger partial charge in [0.05, 0.1) is 6.10 Å². The molecule has 1 saturated carbocycles. The molecule has 0 heterocycles. The van der Waals surface area contributed by atoms with Gasteiger partial charge in [-0.25, -0.2) is 4.79 Å². The lowest BCUT2D eigenvalue weighted by Crippen LogP contribution is -2.46. The maximum absolute atomic E-state index is 12.2. The van der Waals surface area contributed by atoms with Crippen LogP contribution in [0.2, 0.25) is 0 Å². The molecule has 0 radical (unpaired) electrons. The number of ether oxygens (including phenoxy) is 1. The Hall–Kier alpha value is -1.75. The molecule has 0 spiro atoms. The Morgan fingerprint density at radius 3 is 2.70 bits per heavy atom. The summed E-state index contributed by atoms with van der Waals surface area (Å²) in [4.78, 5) is 12.2. The minimum Gasteiger partial charge on any atom is -0.490 e. The Morgan fingerprint density at radius 1 is 1.35 bits per heavy atom. The van der Waals surface area contributed by atoms with E-state index in [0.29, 0.717) is 12.5 Å². The summed E-state index contributed by atoms with van der Waals surface area (Å²) in [5.74, 6) is 0.837. The van der Waals surface area contributed by atoms with Crippen molar-refractivity contribution < 1.29 is 14.6 Å². The van der Waals surface area contributed by atoms with E-state index in [1.165, 1.54) is 12.8 Å². The average molecular weight is 320 g/mol. The molecule has 0 aromatic heterocycles. The lowest BCUT2D eigenvalue weighted by Gasteiger charge is -2.26. The van der Waals surface area contributed by atoms with Gasteiger partial charge in [-0.05, 0) is 65.0 Å². The van der Waals surface area contributed by atoms with Crippen molar-refractivity contribution in [3.8, 4) is 5.75 Å². The largest absolute Gasteiger partial charge is 0.490 e. The van der Waals surface area contributed by atoms with E-state index in [9.17, 15) is 4.79 Å². The van der Waals surface area contributed by atoms with Gasteiger partial charge < -0.3 is 20.5 Å². The number of urea groups is 1. The lowest BCUT2D eigenvalue weighted by atomic mass is 10.0. The second-order valence-electron chi connectivity index (χ2n) is 6.89. The van der Waals surface area contributed by atoms with Crippen LogP contribution in [0.5, 0.6) is 5.75 Å². The highest BCUT2D eigenvalue weighted by Crippen LogP contribution is 2.30. The molecule has 1 aliphatic rings. The van der Waals surface area contributed by atoms with Gasteiger partial charge in [-0.15, -0.1) is 0 Å². The number of benzene rings is 1. The summed E-state index contributed by atoms with van der Waals surface area (Å²) in [6.07, 6.45) is 5.46. The van der Waals surface area contributed by atoms with Crippen LogP contribution in [-0.2, 0) is 0 Å². The van der Waals surface area contributed by atoms with Crippen LogP contribution in [0.25, 0.3) is 0 Å². The summed E-state index contributed by atoms with van der Waals surface area (Å²) in [5, 5.41) is 14.8. The van der Waals surface area contributed by atoms with Gasteiger partial charge in [0, 0.05) is 23.4 Å². The molecule has 1 aromatic rings. The third-order valence-electron chi connectivity index (χ3n) is 4.32. The standard InChI is InChI=1S/C18H28N2O3/c1-13-15(19-17(22)20-18(2,3)11-12-21)9-6-10-16(13)23-14-7-4-5-8-14/h6,9-10,14,21H,4-5,7-8,11-12H2,1-3H3,(H2,19,20,22). The highest BCUT2D eigenvalue weighted by atomic mass is 16.5. The molecule has 128 valence electrons. The van der Waals surface area contributed by atoms with Crippen molar-refractivity contribution in [1.82, 2.24) is 5.32 Å². The van der Waals surface area contributed by atoms with Crippen molar-refractivity contribution in [2.45, 2.75) is 64.5 Å². The number of aliphatic hydroxyl groups is 1. The van der Waals surface area contributed by atoms with Crippen molar-refractivity contribution >= 4 is 11.7 Å². The molecule has 1 aliphatic carbocycles. The molecule has 0 unspecified atom stereocenters. The maximum Gasteiger partial charge on any atom is 0.319 e. The summed E-state index contributed by atoms with van der Waals surface area (Å²) >= 11 is 0. The number of carbonyl (C=O) groups is 1. The SMILES string of the molecule is Cc1c(NC(=O)NC(C)(C)CCO)cccc1OC1CCCC1. The second kappa shape index (κ2) is 7.68. The maximum atomic E-state index is 12.2. The van der Waals surface area contributed by atoms with Crippen molar-refractivity contribution in [2.75, 3.05) is 11.9 Å². The van der Waals surface area contributed by atoms with Crippen LogP contribution in [0.4, 0.5) is 10.5 Å². The third kappa shape index (κ3) is 5.13. The molecule has 0 atom stereocenters. The quantitative estimate of drug-likeness (QED) is 0.750. The van der Waals surface area contributed by atoms with Crippen LogP contribution in [0.3, 0.4) is 0 Å². The molecular weight excluding hydrogens is 292 g/mol. The minimum absolute atomic E-state index is 0.0387. The lowest BCUT2D eigenvalue weighted by molar-refractivity contribution is 0.208. The number of hydrogen-bond acceptors (Lipinski definition) is 3. The molecule has 0 aliphatic heterocycles. The number of hydrogen-bond donors (Lipinski definition) is 3. The Balaban J connectivity index is 2.00. The van der Waals surface area contributed by atoms with Crippen LogP contribution in [-0.4, -0.2) is 29.4 Å². The number of aliphatic hydroxyl groups excluding tert-OH is 1. The molecule has 1 aromatic carbocycles. The molecule has 5 nitrogen and oxygen atoms in total. The zero-order valence-corrected chi connectivity index (χ0v) is 14.3. The summed E-state index contributed by atoms with van der Waals surface area (Å²) < 4.78 is 6.06. The van der Waals surface area contributed by atoms with E-state index in [-0.39, 0.29) is 12.6 Å². The number of anilines is 1. The predicted octanol–water partition coefficient (Wildman–Crippen LogP) is 3.60. The molecule has 3 N–H and O–H groups in total. The molecule has 5 heteroatoms. The topological polar surface area (TPSA) is 70.6 Å². The summed E-state index contributed by atoms with van der Waals surface area (Å²) in [5.41, 5.74) is 1.23. The van der Waals surface area contributed by atoms with Crippen molar-refractivity contribution in [1.29, 1.82) is 0 Å². The number of carbonyl (C=O) groups excluding carboxylic acids is 1. The van der Waals surface area contributed by atoms with Crippen LogP contribution in [0.1, 0.15) is 51.5 Å². The van der Waals surface area contributed by atoms with Crippen LogP contribution >= 0.6 is 0 Å². The molecule has 2 rings (SSSR count). The first-order valence-electron chi connectivity index (χ1n) is 8.37. The van der Waals surface area contributed by atoms with Crippen molar-refractivity contribution in [3.63, 3.8) is 0 Å². The molecule has 0 saturated heterocycles. The van der Waals surface area contributed by atoms with Crippen molar-refractivity contribution in [2.24, 2.45) is 0 Å². The van der Waals surface area contributed by atoms with Crippen LogP contribution in [0, 0.1) is 6.92 Å². The smallest absolute Gasteiger partial charge is 0.319 e. The van der Waals surface area contributed by atoms with E-state index in [1.54, 1.807) is 0 Å². The molecule has 23 heavy (non-hydrogen) atoms. The summed E-state index contributed by atoms with van der Waals surface area (Å²) in [7, 11) is 0. The van der Waals surface area contributed by atoms with E-state index in [0.717, 1.165) is 29.8 Å². The first-order chi connectivity index (χ1) is 10.9.